The van der Waals surface area contributed by atoms with Gasteiger partial charge < -0.3 is 33.5 Å². The lowest BCUT2D eigenvalue weighted by atomic mass is 9.90. The van der Waals surface area contributed by atoms with Crippen LogP contribution in [0.1, 0.15) is 98.2 Å². The number of ether oxygens (including phenoxy) is 5. The van der Waals surface area contributed by atoms with Crippen molar-refractivity contribution in [2.24, 2.45) is 0 Å². The molecule has 4 aliphatic rings. The highest BCUT2D eigenvalue weighted by atomic mass is 16.8. The molecule has 12 heteroatoms. The van der Waals surface area contributed by atoms with Crippen molar-refractivity contribution in [1.29, 1.82) is 0 Å². The summed E-state index contributed by atoms with van der Waals surface area (Å²) in [7, 11) is 0. The summed E-state index contributed by atoms with van der Waals surface area (Å²) in [6, 6.07) is 39.2. The van der Waals surface area contributed by atoms with E-state index < -0.39 is 18.0 Å². The SMILES string of the molecule is Cc1ccc(C[C@@H]2[C@@H]3OC(C)(C)O[C@H]3[C@@H](Cc3ccc(OCc4ccccc4)cc3)N(Cc3ccc4c(cnn4C4CCCCO4)c3)C(=O)N2Cc2ccc3c(cnn3C3CCCCO3)c2)cc1. The topological polar surface area (TPSA) is 105 Å². The molecule has 0 saturated carbocycles. The summed E-state index contributed by atoms with van der Waals surface area (Å²) in [5.74, 6) is -0.105. The number of benzene rings is 5. The number of carbonyl (C=O) groups is 1. The van der Waals surface area contributed by atoms with E-state index in [-0.39, 0.29) is 30.6 Å². The maximum Gasteiger partial charge on any atom is 0.321 e. The summed E-state index contributed by atoms with van der Waals surface area (Å²) in [4.78, 5) is 20.2. The van der Waals surface area contributed by atoms with Crippen LogP contribution < -0.4 is 4.74 Å². The largest absolute Gasteiger partial charge is 0.489 e. The molecule has 4 saturated heterocycles. The molecule has 0 aliphatic carbocycles. The first-order chi connectivity index (χ1) is 33.2. The molecule has 68 heavy (non-hydrogen) atoms. The molecule has 7 aromatic rings. The number of rotatable bonds is 13. The first kappa shape index (κ1) is 44.5. The normalized spacial score (nSPS) is 24.1. The Kier molecular flexibility index (Phi) is 12.5. The summed E-state index contributed by atoms with van der Waals surface area (Å²) in [5, 5.41) is 11.7. The number of hydrogen-bond donors (Lipinski definition) is 0. The van der Waals surface area contributed by atoms with Gasteiger partial charge in [0.2, 0.25) is 0 Å². The van der Waals surface area contributed by atoms with Crippen LogP contribution in [-0.2, 0) is 51.5 Å². The summed E-state index contributed by atoms with van der Waals surface area (Å²) in [5.41, 5.74) is 8.58. The van der Waals surface area contributed by atoms with Crippen LogP contribution in [0.15, 0.2) is 128 Å². The van der Waals surface area contributed by atoms with Gasteiger partial charge in [0, 0.05) is 37.1 Å². The number of aromatic nitrogens is 4. The molecule has 4 aliphatic heterocycles. The van der Waals surface area contributed by atoms with E-state index in [1.165, 1.54) is 5.56 Å². The van der Waals surface area contributed by atoms with Gasteiger partial charge in [0.05, 0.1) is 35.5 Å². The molecule has 12 nitrogen and oxygen atoms in total. The van der Waals surface area contributed by atoms with Crippen molar-refractivity contribution in [2.75, 3.05) is 13.2 Å². The number of fused-ring (bicyclic) bond motifs is 3. The van der Waals surface area contributed by atoms with Crippen LogP contribution in [0, 0.1) is 6.92 Å². The third kappa shape index (κ3) is 9.39. The Morgan fingerprint density at radius 3 is 1.60 bits per heavy atom. The third-order valence-electron chi connectivity index (χ3n) is 14.3. The zero-order valence-electron chi connectivity index (χ0n) is 39.4. The standard InChI is InChI=1S/C56H62N6O6/c1-38-15-17-39(18-16-38)31-49-53-54(68-56(2,3)67-53)50(32-40-19-23-46(24-20-40)66-37-41-11-5-4-6-12-41)60(36-43-22-26-48-45(30-43)34-58-62(48)52-14-8-10-28-65-52)55(63)59(49)35-42-21-25-47-44(29-42)33-57-61(47)51-13-7-9-27-64-51/h4-6,11-12,15-26,29-30,33-34,49-54H,7-10,13-14,27-28,31-32,35-37H2,1-3H3/t49-,50-,51?,52?,53+,54+/m1/s1. The van der Waals surface area contributed by atoms with Crippen LogP contribution in [0.5, 0.6) is 5.75 Å². The summed E-state index contributed by atoms with van der Waals surface area (Å²) in [6.45, 7) is 8.80. The minimum Gasteiger partial charge on any atom is -0.489 e. The molecule has 2 unspecified atom stereocenters. The smallest absolute Gasteiger partial charge is 0.321 e. The number of hydrogen-bond acceptors (Lipinski definition) is 8. The second-order valence-electron chi connectivity index (χ2n) is 19.7. The van der Waals surface area contributed by atoms with Gasteiger partial charge in [-0.25, -0.2) is 14.2 Å². The second-order valence-corrected chi connectivity index (χ2v) is 19.7. The molecular weight excluding hydrogens is 853 g/mol. The molecule has 11 rings (SSSR count). The monoisotopic (exact) mass is 914 g/mol. The predicted molar refractivity (Wildman–Crippen MR) is 261 cm³/mol. The molecule has 6 heterocycles. The number of aryl methyl sites for hydroxylation is 1. The Morgan fingerprint density at radius 2 is 1.10 bits per heavy atom. The fraction of sp³-hybridized carbons (Fsp3) is 0.411. The van der Waals surface area contributed by atoms with Gasteiger partial charge in [-0.15, -0.1) is 0 Å². The molecular formula is C56H62N6O6. The van der Waals surface area contributed by atoms with Crippen molar-refractivity contribution in [3.63, 3.8) is 0 Å². The first-order valence-electron chi connectivity index (χ1n) is 24.6. The Balaban J connectivity index is 0.979. The van der Waals surface area contributed by atoms with Gasteiger partial charge >= 0.3 is 6.03 Å². The highest BCUT2D eigenvalue weighted by Gasteiger charge is 2.55. The summed E-state index contributed by atoms with van der Waals surface area (Å²) in [6.07, 6.45) is 10.2. The molecule has 6 atom stereocenters. The van der Waals surface area contributed by atoms with Gasteiger partial charge in [-0.1, -0.05) is 84.4 Å². The fourth-order valence-corrected chi connectivity index (χ4v) is 10.8. The Labute approximate surface area is 398 Å². The zero-order chi connectivity index (χ0) is 46.2. The molecule has 352 valence electrons. The lowest BCUT2D eigenvalue weighted by Gasteiger charge is -2.37. The Bertz CT molecular complexity index is 2830. The minimum atomic E-state index is -0.894. The van der Waals surface area contributed by atoms with Crippen molar-refractivity contribution in [1.82, 2.24) is 29.4 Å². The van der Waals surface area contributed by atoms with E-state index in [0.717, 1.165) is 107 Å². The van der Waals surface area contributed by atoms with Crippen LogP contribution in [0.25, 0.3) is 21.8 Å². The number of nitrogens with zero attached hydrogens (tertiary/aromatic N) is 6. The van der Waals surface area contributed by atoms with Gasteiger partial charge in [0.15, 0.2) is 18.2 Å². The van der Waals surface area contributed by atoms with E-state index in [9.17, 15) is 0 Å². The predicted octanol–water partition coefficient (Wildman–Crippen LogP) is 10.9. The van der Waals surface area contributed by atoms with Crippen LogP contribution >= 0.6 is 0 Å². The number of amides is 2. The van der Waals surface area contributed by atoms with Crippen LogP contribution in [0.2, 0.25) is 0 Å². The molecule has 0 radical (unpaired) electrons. The molecule has 4 fully saturated rings. The van der Waals surface area contributed by atoms with E-state index >= 15 is 4.79 Å². The van der Waals surface area contributed by atoms with E-state index in [0.29, 0.717) is 32.5 Å². The maximum absolute atomic E-state index is 16.1. The highest BCUT2D eigenvalue weighted by molar-refractivity contribution is 5.81. The minimum absolute atomic E-state index is 0.0628. The molecule has 2 aromatic heterocycles. The van der Waals surface area contributed by atoms with Crippen molar-refractivity contribution >= 4 is 27.8 Å². The average molecular weight is 915 g/mol. The summed E-state index contributed by atoms with van der Waals surface area (Å²) < 4.78 is 36.7. The molecule has 2 amide bonds. The third-order valence-corrected chi connectivity index (χ3v) is 14.3. The van der Waals surface area contributed by atoms with Gasteiger partial charge in [0.1, 0.15) is 24.6 Å². The zero-order valence-corrected chi connectivity index (χ0v) is 39.4. The lowest BCUT2D eigenvalue weighted by molar-refractivity contribution is -0.157. The van der Waals surface area contributed by atoms with Gasteiger partial charge in [0.25, 0.3) is 0 Å². The molecule has 0 spiro atoms. The number of carbonyl (C=O) groups excluding carboxylic acids is 1. The van der Waals surface area contributed by atoms with Gasteiger partial charge in [-0.05, 0) is 136 Å². The van der Waals surface area contributed by atoms with Crippen molar-refractivity contribution in [3.05, 3.63) is 161 Å². The Morgan fingerprint density at radius 1 is 0.603 bits per heavy atom. The second kappa shape index (κ2) is 19.2. The van der Waals surface area contributed by atoms with E-state index in [1.807, 2.05) is 65.9 Å². The summed E-state index contributed by atoms with van der Waals surface area (Å²) >= 11 is 0. The van der Waals surface area contributed by atoms with Crippen LogP contribution in [-0.4, -0.2) is 78.7 Å². The van der Waals surface area contributed by atoms with Gasteiger partial charge in [-0.3, -0.25) is 0 Å². The quantitative estimate of drug-likeness (QED) is 0.113. The molecule has 0 bridgehead atoms. The van der Waals surface area contributed by atoms with Crippen molar-refractivity contribution in [2.45, 2.75) is 134 Å². The Hall–Kier alpha value is -6.05. The van der Waals surface area contributed by atoms with Gasteiger partial charge in [-0.2, -0.15) is 10.2 Å². The molecule has 5 aromatic carbocycles. The molecule has 0 N–H and O–H groups in total. The number of urea groups is 1. The van der Waals surface area contributed by atoms with E-state index in [2.05, 4.69) is 102 Å². The highest BCUT2D eigenvalue weighted by Crippen LogP contribution is 2.41. The lowest BCUT2D eigenvalue weighted by Crippen LogP contribution is -2.51. The van der Waals surface area contributed by atoms with Crippen molar-refractivity contribution in [3.8, 4) is 5.75 Å². The van der Waals surface area contributed by atoms with Crippen molar-refractivity contribution < 1.29 is 28.5 Å². The maximum atomic E-state index is 16.1. The fourth-order valence-electron chi connectivity index (χ4n) is 10.8. The van der Waals surface area contributed by atoms with E-state index in [4.69, 9.17) is 33.9 Å². The first-order valence-corrected chi connectivity index (χ1v) is 24.6. The van der Waals surface area contributed by atoms with Crippen LogP contribution in [0.4, 0.5) is 4.79 Å². The van der Waals surface area contributed by atoms with Crippen LogP contribution in [0.3, 0.4) is 0 Å². The average Bonchev–Trinajstić information content (AvgIpc) is 4.08. The van der Waals surface area contributed by atoms with E-state index in [1.54, 1.807) is 0 Å².